The van der Waals surface area contributed by atoms with Crippen LogP contribution in [0.1, 0.15) is 52.7 Å². The summed E-state index contributed by atoms with van der Waals surface area (Å²) in [4.78, 5) is 3.36. The third-order valence-electron chi connectivity index (χ3n) is 4.64. The van der Waals surface area contributed by atoms with Crippen molar-refractivity contribution in [3.63, 3.8) is 0 Å². The first-order chi connectivity index (χ1) is 14.2. The second kappa shape index (κ2) is 12.1. The Hall–Kier alpha value is -2.52. The molecule has 2 heterocycles. The van der Waals surface area contributed by atoms with Gasteiger partial charge in [-0.15, -0.1) is 0 Å². The molecule has 0 aliphatic heterocycles. The highest BCUT2D eigenvalue weighted by molar-refractivity contribution is 5.99. The molecule has 158 valence electrons. The Morgan fingerprint density at radius 1 is 0.897 bits per heavy atom. The fourth-order valence-electron chi connectivity index (χ4n) is 3.59. The zero-order valence-corrected chi connectivity index (χ0v) is 19.4. The van der Waals surface area contributed by atoms with Crippen molar-refractivity contribution in [1.82, 2.24) is 9.55 Å². The van der Waals surface area contributed by atoms with Crippen LogP contribution in [-0.4, -0.2) is 21.3 Å². The summed E-state index contributed by atoms with van der Waals surface area (Å²) >= 11 is 0. The number of aromatic amines is 1. The predicted molar refractivity (Wildman–Crippen MR) is 130 cm³/mol. The number of para-hydroxylation sites is 1. The van der Waals surface area contributed by atoms with Crippen LogP contribution in [0.25, 0.3) is 33.1 Å². The monoisotopic (exact) mass is 394 g/mol. The summed E-state index contributed by atoms with van der Waals surface area (Å²) in [5.74, 6) is 0. The van der Waals surface area contributed by atoms with Crippen LogP contribution in [0.5, 0.6) is 0 Å². The molecule has 0 saturated carbocycles. The summed E-state index contributed by atoms with van der Waals surface area (Å²) in [5.41, 5.74) is 7.21. The number of hydrogen-bond donors (Lipinski definition) is 2. The van der Waals surface area contributed by atoms with Crippen molar-refractivity contribution >= 4 is 21.8 Å². The maximum Gasteiger partial charge on any atom is 0.0610 e. The first-order valence-corrected chi connectivity index (χ1v) is 11.0. The molecule has 2 aromatic carbocycles. The van der Waals surface area contributed by atoms with Gasteiger partial charge in [-0.05, 0) is 37.1 Å². The van der Waals surface area contributed by atoms with E-state index in [1.807, 2.05) is 47.7 Å². The second-order valence-electron chi connectivity index (χ2n) is 6.12. The van der Waals surface area contributed by atoms with Crippen LogP contribution < -0.4 is 0 Å². The quantitative estimate of drug-likeness (QED) is 0.371. The Labute approximate surface area is 176 Å². The molecule has 4 rings (SSSR count). The molecule has 0 amide bonds. The van der Waals surface area contributed by atoms with Gasteiger partial charge in [0.2, 0.25) is 0 Å². The molecule has 3 heteroatoms. The van der Waals surface area contributed by atoms with Crippen molar-refractivity contribution in [2.24, 2.45) is 0 Å². The highest BCUT2D eigenvalue weighted by atomic mass is 16.3. The molecular weight excluding hydrogens is 356 g/mol. The van der Waals surface area contributed by atoms with Gasteiger partial charge in [0.05, 0.1) is 17.8 Å². The number of aliphatic hydroxyl groups is 1. The first kappa shape index (κ1) is 24.5. The average molecular weight is 395 g/mol. The third kappa shape index (κ3) is 4.91. The van der Waals surface area contributed by atoms with E-state index in [4.69, 9.17) is 0 Å². The van der Waals surface area contributed by atoms with E-state index in [1.165, 1.54) is 38.7 Å². The van der Waals surface area contributed by atoms with E-state index in [0.29, 0.717) is 6.54 Å². The Kier molecular flexibility index (Phi) is 10.3. The van der Waals surface area contributed by atoms with Crippen molar-refractivity contribution in [2.45, 2.75) is 61.9 Å². The number of aryl methyl sites for hydroxylation is 2. The average Bonchev–Trinajstić information content (AvgIpc) is 3.36. The molecule has 3 nitrogen and oxygen atoms in total. The van der Waals surface area contributed by atoms with E-state index in [9.17, 15) is 5.11 Å². The van der Waals surface area contributed by atoms with Crippen molar-refractivity contribution < 1.29 is 5.11 Å². The molecule has 0 fully saturated rings. The largest absolute Gasteiger partial charge is 0.395 e. The van der Waals surface area contributed by atoms with Crippen LogP contribution in [0.4, 0.5) is 0 Å². The zero-order valence-electron chi connectivity index (χ0n) is 19.4. The maximum absolute atomic E-state index is 9.57. The highest BCUT2D eigenvalue weighted by Gasteiger charge is 2.17. The van der Waals surface area contributed by atoms with Crippen LogP contribution in [0, 0.1) is 13.8 Å². The predicted octanol–water partition coefficient (Wildman–Crippen LogP) is 7.48. The van der Waals surface area contributed by atoms with Gasteiger partial charge in [0.15, 0.2) is 0 Å². The summed E-state index contributed by atoms with van der Waals surface area (Å²) in [7, 11) is 0. The lowest BCUT2D eigenvalue weighted by Gasteiger charge is -2.11. The van der Waals surface area contributed by atoms with Crippen LogP contribution in [0.2, 0.25) is 0 Å². The first-order valence-electron chi connectivity index (χ1n) is 11.0. The van der Waals surface area contributed by atoms with Gasteiger partial charge in [-0.1, -0.05) is 71.9 Å². The van der Waals surface area contributed by atoms with Crippen molar-refractivity contribution in [3.8, 4) is 11.3 Å². The molecule has 4 aromatic rings. The lowest BCUT2D eigenvalue weighted by Crippen LogP contribution is -2.04. The molecule has 0 saturated heterocycles. The topological polar surface area (TPSA) is 41.0 Å². The van der Waals surface area contributed by atoms with Gasteiger partial charge in [-0.3, -0.25) is 0 Å². The minimum Gasteiger partial charge on any atom is -0.395 e. The summed E-state index contributed by atoms with van der Waals surface area (Å²) in [6.07, 6.45) is 1.98. The molecule has 29 heavy (non-hydrogen) atoms. The number of aliphatic hydroxyl groups excluding tert-OH is 1. The Balaban J connectivity index is 0.000000644. The van der Waals surface area contributed by atoms with Gasteiger partial charge in [-0.2, -0.15) is 0 Å². The molecular formula is C26H38N2O. The number of benzene rings is 2. The smallest absolute Gasteiger partial charge is 0.0610 e. The fraction of sp³-hybridized carbons (Fsp3) is 0.385. The molecule has 2 N–H and O–H groups in total. The van der Waals surface area contributed by atoms with Gasteiger partial charge in [0.1, 0.15) is 0 Å². The Morgan fingerprint density at radius 2 is 1.59 bits per heavy atom. The van der Waals surface area contributed by atoms with Crippen LogP contribution in [-0.2, 0) is 6.54 Å². The highest BCUT2D eigenvalue weighted by Crippen LogP contribution is 2.36. The van der Waals surface area contributed by atoms with E-state index in [-0.39, 0.29) is 6.61 Å². The summed E-state index contributed by atoms with van der Waals surface area (Å²) in [5, 5.41) is 12.0. The number of aromatic nitrogens is 2. The van der Waals surface area contributed by atoms with Crippen molar-refractivity contribution in [2.75, 3.05) is 6.61 Å². The fourth-order valence-corrected chi connectivity index (χ4v) is 3.59. The van der Waals surface area contributed by atoms with Crippen LogP contribution in [0.3, 0.4) is 0 Å². The molecule has 0 spiro atoms. The van der Waals surface area contributed by atoms with E-state index < -0.39 is 0 Å². The van der Waals surface area contributed by atoms with Gasteiger partial charge >= 0.3 is 0 Å². The number of H-pyrrole nitrogens is 1. The van der Waals surface area contributed by atoms with E-state index in [2.05, 4.69) is 65.9 Å². The number of nitrogens with one attached hydrogen (secondary N) is 1. The minimum absolute atomic E-state index is 0.130. The molecule has 2 aromatic heterocycles. The zero-order chi connectivity index (χ0) is 22.0. The number of nitrogens with zero attached hydrogens (tertiary/aromatic N) is 1. The maximum atomic E-state index is 9.57. The van der Waals surface area contributed by atoms with Crippen molar-refractivity contribution in [3.05, 3.63) is 59.8 Å². The molecule has 0 aliphatic rings. The molecule has 0 bridgehead atoms. The van der Waals surface area contributed by atoms with Gasteiger partial charge in [-0.25, -0.2) is 0 Å². The standard InChI is InChI=1S/C20H20N2O.3C2H6/c1-13-6-7-16-14(2)20(22(10-11-23)18(16)12-13)17-5-3-4-15-8-9-21-19(15)17;3*1-2/h3-9,12,21,23H,10-11H2,1-2H3;3*1-2H3. The summed E-state index contributed by atoms with van der Waals surface area (Å²) < 4.78 is 2.24. The van der Waals surface area contributed by atoms with Gasteiger partial charge in [0.25, 0.3) is 0 Å². The van der Waals surface area contributed by atoms with Crippen LogP contribution >= 0.6 is 0 Å². The van der Waals surface area contributed by atoms with Crippen LogP contribution in [0.15, 0.2) is 48.7 Å². The van der Waals surface area contributed by atoms with E-state index >= 15 is 0 Å². The van der Waals surface area contributed by atoms with E-state index in [1.54, 1.807) is 0 Å². The van der Waals surface area contributed by atoms with Crippen molar-refractivity contribution in [1.29, 1.82) is 0 Å². The van der Waals surface area contributed by atoms with Gasteiger partial charge in [0, 0.05) is 34.6 Å². The normalized spacial score (nSPS) is 9.83. The lowest BCUT2D eigenvalue weighted by molar-refractivity contribution is 0.278. The Morgan fingerprint density at radius 3 is 2.24 bits per heavy atom. The van der Waals surface area contributed by atoms with E-state index in [0.717, 1.165) is 5.52 Å². The molecule has 0 unspecified atom stereocenters. The molecule has 0 aliphatic carbocycles. The molecule has 0 atom stereocenters. The second-order valence-corrected chi connectivity index (χ2v) is 6.12. The number of hydrogen-bond acceptors (Lipinski definition) is 1. The third-order valence-corrected chi connectivity index (χ3v) is 4.64. The summed E-state index contributed by atoms with van der Waals surface area (Å²) in [6.45, 7) is 17.0. The number of rotatable bonds is 3. The Bertz CT molecular complexity index is 1010. The SMILES string of the molecule is CC.CC.CC.Cc1ccc2c(C)c(-c3cccc4cc[nH]c34)n(CCO)c2c1. The summed E-state index contributed by atoms with van der Waals surface area (Å²) in [6, 6.07) is 15.0. The van der Waals surface area contributed by atoms with Gasteiger partial charge < -0.3 is 14.7 Å². The lowest BCUT2D eigenvalue weighted by atomic mass is 10.0. The molecule has 0 radical (unpaired) electrons. The minimum atomic E-state index is 0.130. The number of fused-ring (bicyclic) bond motifs is 2.